The van der Waals surface area contributed by atoms with Crippen molar-refractivity contribution in [3.05, 3.63) is 41.6 Å². The van der Waals surface area contributed by atoms with Gasteiger partial charge in [-0.1, -0.05) is 66.0 Å². The van der Waals surface area contributed by atoms with Crippen molar-refractivity contribution in [1.82, 2.24) is 4.98 Å². The molecule has 16 heavy (non-hydrogen) atoms. The lowest BCUT2D eigenvalue weighted by Crippen LogP contribution is -2.06. The topological polar surface area (TPSA) is 12.9 Å². The first-order valence-corrected chi connectivity index (χ1v) is 7.25. The summed E-state index contributed by atoms with van der Waals surface area (Å²) in [6.07, 6.45) is 0.776. The Hall–Kier alpha value is 0.0700. The highest BCUT2D eigenvalue weighted by molar-refractivity contribution is 9.39. The molecular formula is C12H10Br3N. The number of aromatic nitrogens is 1. The molecule has 84 valence electrons. The highest BCUT2D eigenvalue weighted by Crippen LogP contribution is 2.37. The van der Waals surface area contributed by atoms with Gasteiger partial charge in [0, 0.05) is 17.5 Å². The van der Waals surface area contributed by atoms with E-state index in [1.54, 1.807) is 0 Å². The molecule has 0 aliphatic carbocycles. The molecule has 1 nitrogen and oxygen atoms in total. The van der Waals surface area contributed by atoms with E-state index in [1.165, 1.54) is 10.9 Å². The van der Waals surface area contributed by atoms with Crippen LogP contribution in [0.25, 0.3) is 10.9 Å². The molecule has 0 spiro atoms. The van der Waals surface area contributed by atoms with Crippen molar-refractivity contribution >= 4 is 58.7 Å². The van der Waals surface area contributed by atoms with Crippen molar-refractivity contribution in [2.45, 2.75) is 15.5 Å². The zero-order valence-corrected chi connectivity index (χ0v) is 13.4. The molecule has 0 fully saturated rings. The van der Waals surface area contributed by atoms with Crippen LogP contribution in [0.4, 0.5) is 0 Å². The minimum atomic E-state index is -0.269. The van der Waals surface area contributed by atoms with E-state index in [1.807, 2.05) is 18.2 Å². The van der Waals surface area contributed by atoms with Crippen LogP contribution in [0.3, 0.4) is 0 Å². The average Bonchev–Trinajstić information content (AvgIpc) is 2.15. The predicted octanol–water partition coefficient (Wildman–Crippen LogP) is 4.92. The van der Waals surface area contributed by atoms with Crippen molar-refractivity contribution in [3.63, 3.8) is 0 Å². The molecule has 0 bridgehead atoms. The number of para-hydroxylation sites is 1. The molecule has 1 heterocycles. The minimum absolute atomic E-state index is 0.269. The van der Waals surface area contributed by atoms with Crippen molar-refractivity contribution in [1.29, 1.82) is 0 Å². The SMILES string of the molecule is Cc1cc(CC(Br)(Br)Br)nc2ccccc12. The number of pyridine rings is 1. The number of rotatable bonds is 1. The standard InChI is InChI=1S/C12H10Br3N/c1-8-6-9(7-12(13,14)15)16-11-5-3-2-4-10(8)11/h2-6H,7H2,1H3. The van der Waals surface area contributed by atoms with Gasteiger partial charge in [0.05, 0.1) is 5.52 Å². The normalized spacial score (nSPS) is 12.0. The van der Waals surface area contributed by atoms with Crippen molar-refractivity contribution in [2.75, 3.05) is 0 Å². The van der Waals surface area contributed by atoms with E-state index < -0.39 is 0 Å². The Morgan fingerprint density at radius 3 is 2.56 bits per heavy atom. The Kier molecular flexibility index (Phi) is 3.72. The number of benzene rings is 1. The Labute approximate surface area is 120 Å². The Morgan fingerprint density at radius 1 is 1.19 bits per heavy atom. The zero-order chi connectivity index (χ0) is 11.8. The summed E-state index contributed by atoms with van der Waals surface area (Å²) in [5.74, 6) is 0. The van der Waals surface area contributed by atoms with Gasteiger partial charge in [-0.3, -0.25) is 4.98 Å². The quantitative estimate of drug-likeness (QED) is 0.611. The van der Waals surface area contributed by atoms with Gasteiger partial charge in [-0.15, -0.1) is 0 Å². The number of halogens is 3. The van der Waals surface area contributed by atoms with Crippen LogP contribution in [-0.4, -0.2) is 7.13 Å². The Balaban J connectivity index is 2.50. The smallest absolute Gasteiger partial charge is 0.140 e. The molecule has 0 saturated carbocycles. The maximum Gasteiger partial charge on any atom is 0.140 e. The molecule has 2 rings (SSSR count). The van der Waals surface area contributed by atoms with Gasteiger partial charge in [0.2, 0.25) is 0 Å². The summed E-state index contributed by atoms with van der Waals surface area (Å²) in [5.41, 5.74) is 3.37. The average molecular weight is 408 g/mol. The van der Waals surface area contributed by atoms with Crippen molar-refractivity contribution in [2.24, 2.45) is 0 Å². The van der Waals surface area contributed by atoms with E-state index in [-0.39, 0.29) is 2.14 Å². The molecule has 1 aromatic carbocycles. The molecule has 0 radical (unpaired) electrons. The van der Waals surface area contributed by atoms with Crippen LogP contribution in [0.1, 0.15) is 11.3 Å². The lowest BCUT2D eigenvalue weighted by atomic mass is 10.1. The third-order valence-electron chi connectivity index (χ3n) is 2.36. The first kappa shape index (κ1) is 12.5. The van der Waals surface area contributed by atoms with Gasteiger partial charge in [-0.25, -0.2) is 0 Å². The summed E-state index contributed by atoms with van der Waals surface area (Å²) >= 11 is 10.5. The molecule has 0 saturated heterocycles. The van der Waals surface area contributed by atoms with Gasteiger partial charge >= 0.3 is 0 Å². The van der Waals surface area contributed by atoms with Crippen LogP contribution in [0, 0.1) is 6.92 Å². The number of fused-ring (bicyclic) bond motifs is 1. The van der Waals surface area contributed by atoms with Crippen molar-refractivity contribution < 1.29 is 0 Å². The molecule has 0 aliphatic heterocycles. The van der Waals surface area contributed by atoms with E-state index in [9.17, 15) is 0 Å². The van der Waals surface area contributed by atoms with E-state index in [0.717, 1.165) is 17.6 Å². The molecule has 0 aliphatic rings. The Morgan fingerprint density at radius 2 is 1.88 bits per heavy atom. The van der Waals surface area contributed by atoms with Crippen LogP contribution in [0.2, 0.25) is 0 Å². The highest BCUT2D eigenvalue weighted by atomic mass is 80.0. The molecule has 1 aromatic heterocycles. The van der Waals surface area contributed by atoms with Crippen LogP contribution in [0.5, 0.6) is 0 Å². The van der Waals surface area contributed by atoms with Crippen LogP contribution < -0.4 is 0 Å². The minimum Gasteiger partial charge on any atom is -0.253 e. The first-order chi connectivity index (χ1) is 7.46. The third-order valence-corrected chi connectivity index (χ3v) is 3.20. The van der Waals surface area contributed by atoms with E-state index in [2.05, 4.69) is 71.8 Å². The molecule has 4 heteroatoms. The lowest BCUT2D eigenvalue weighted by Gasteiger charge is -2.12. The highest BCUT2D eigenvalue weighted by Gasteiger charge is 2.19. The van der Waals surface area contributed by atoms with Gasteiger partial charge in [-0.05, 0) is 24.6 Å². The molecular weight excluding hydrogens is 398 g/mol. The number of alkyl halides is 3. The van der Waals surface area contributed by atoms with E-state index in [4.69, 9.17) is 0 Å². The summed E-state index contributed by atoms with van der Waals surface area (Å²) in [6, 6.07) is 10.3. The fourth-order valence-electron chi connectivity index (χ4n) is 1.72. The van der Waals surface area contributed by atoms with Crippen LogP contribution >= 0.6 is 47.8 Å². The monoisotopic (exact) mass is 405 g/mol. The fraction of sp³-hybridized carbons (Fsp3) is 0.250. The van der Waals surface area contributed by atoms with Crippen LogP contribution in [0.15, 0.2) is 30.3 Å². The predicted molar refractivity (Wildman–Crippen MR) is 79.7 cm³/mol. The molecule has 0 atom stereocenters. The summed E-state index contributed by atoms with van der Waals surface area (Å²) < 4.78 is -0.269. The lowest BCUT2D eigenvalue weighted by molar-refractivity contribution is 1.02. The third kappa shape index (κ3) is 3.05. The van der Waals surface area contributed by atoms with E-state index in [0.29, 0.717) is 0 Å². The summed E-state index contributed by atoms with van der Waals surface area (Å²) in [5, 5.41) is 1.22. The zero-order valence-electron chi connectivity index (χ0n) is 8.67. The number of aryl methyl sites for hydroxylation is 1. The second-order valence-electron chi connectivity index (χ2n) is 3.74. The molecule has 2 aromatic rings. The summed E-state index contributed by atoms with van der Waals surface area (Å²) in [6.45, 7) is 2.12. The second kappa shape index (κ2) is 4.75. The van der Waals surface area contributed by atoms with Crippen LogP contribution in [-0.2, 0) is 6.42 Å². The maximum absolute atomic E-state index is 4.63. The molecule has 0 unspecified atom stereocenters. The largest absolute Gasteiger partial charge is 0.253 e. The number of hydrogen-bond donors (Lipinski definition) is 0. The van der Waals surface area contributed by atoms with Gasteiger partial charge in [-0.2, -0.15) is 0 Å². The number of nitrogens with zero attached hydrogens (tertiary/aromatic N) is 1. The summed E-state index contributed by atoms with van der Waals surface area (Å²) in [4.78, 5) is 4.63. The Bertz CT molecular complexity index is 517. The molecule has 0 amide bonds. The molecule has 0 N–H and O–H groups in total. The number of hydrogen-bond acceptors (Lipinski definition) is 1. The van der Waals surface area contributed by atoms with Gasteiger partial charge < -0.3 is 0 Å². The second-order valence-corrected chi connectivity index (χ2v) is 11.0. The van der Waals surface area contributed by atoms with Gasteiger partial charge in [0.15, 0.2) is 0 Å². The van der Waals surface area contributed by atoms with Gasteiger partial charge in [0.25, 0.3) is 0 Å². The first-order valence-electron chi connectivity index (χ1n) is 4.88. The fourth-order valence-corrected chi connectivity index (χ4v) is 2.58. The maximum atomic E-state index is 4.63. The summed E-state index contributed by atoms with van der Waals surface area (Å²) in [7, 11) is 0. The van der Waals surface area contributed by atoms with Crippen molar-refractivity contribution in [3.8, 4) is 0 Å². The van der Waals surface area contributed by atoms with E-state index >= 15 is 0 Å². The van der Waals surface area contributed by atoms with Gasteiger partial charge in [0.1, 0.15) is 2.14 Å².